The second kappa shape index (κ2) is 4.48. The van der Waals surface area contributed by atoms with E-state index in [0.717, 1.165) is 37.8 Å². The number of carbonyl (C=O) groups excluding carboxylic acids is 1. The minimum absolute atomic E-state index is 0.161. The lowest BCUT2D eigenvalue weighted by Crippen LogP contribution is -2.46. The van der Waals surface area contributed by atoms with Crippen molar-refractivity contribution in [2.45, 2.75) is 43.6 Å². The van der Waals surface area contributed by atoms with Gasteiger partial charge in [0.25, 0.3) is 0 Å². The summed E-state index contributed by atoms with van der Waals surface area (Å²) >= 11 is 0. The molecule has 1 amide bonds. The average molecular weight is 284 g/mol. The maximum atomic E-state index is 12.5. The molecule has 20 heavy (non-hydrogen) atoms. The molecule has 0 aromatic heterocycles. The van der Waals surface area contributed by atoms with E-state index in [0.29, 0.717) is 5.56 Å². The summed E-state index contributed by atoms with van der Waals surface area (Å²) in [7, 11) is 0. The Morgan fingerprint density at radius 2 is 1.70 bits per heavy atom. The summed E-state index contributed by atoms with van der Waals surface area (Å²) in [5, 5.41) is 6.20. The zero-order valence-corrected chi connectivity index (χ0v) is 10.8. The van der Waals surface area contributed by atoms with Gasteiger partial charge in [-0.2, -0.15) is 13.2 Å². The Morgan fingerprint density at radius 3 is 2.25 bits per heavy atom. The van der Waals surface area contributed by atoms with E-state index in [4.69, 9.17) is 0 Å². The SMILES string of the molecule is O=C1NC2(CCCC2)NC1c1ccc(C(F)(F)F)cc1. The highest BCUT2D eigenvalue weighted by Gasteiger charge is 2.45. The summed E-state index contributed by atoms with van der Waals surface area (Å²) in [5.74, 6) is -0.161. The lowest BCUT2D eigenvalue weighted by Gasteiger charge is -2.23. The number of rotatable bonds is 1. The molecule has 1 heterocycles. The molecular formula is C14H15F3N2O. The molecule has 0 radical (unpaired) electrons. The summed E-state index contributed by atoms with van der Waals surface area (Å²) in [4.78, 5) is 12.0. The fourth-order valence-electron chi connectivity index (χ4n) is 3.03. The van der Waals surface area contributed by atoms with Crippen LogP contribution >= 0.6 is 0 Å². The summed E-state index contributed by atoms with van der Waals surface area (Å²) in [6.07, 6.45) is -0.512. The fourth-order valence-corrected chi connectivity index (χ4v) is 3.03. The van der Waals surface area contributed by atoms with Gasteiger partial charge in [0.2, 0.25) is 5.91 Å². The molecule has 6 heteroatoms. The molecule has 1 saturated heterocycles. The summed E-state index contributed by atoms with van der Waals surface area (Å²) in [6, 6.07) is 4.21. The Hall–Kier alpha value is -1.56. The molecule has 2 aliphatic rings. The quantitative estimate of drug-likeness (QED) is 0.832. The Balaban J connectivity index is 1.81. The van der Waals surface area contributed by atoms with Crippen molar-refractivity contribution in [1.29, 1.82) is 0 Å². The van der Waals surface area contributed by atoms with Crippen LogP contribution in [0.15, 0.2) is 24.3 Å². The third-order valence-corrected chi connectivity index (χ3v) is 4.07. The highest BCUT2D eigenvalue weighted by atomic mass is 19.4. The molecule has 1 atom stereocenters. The van der Waals surface area contributed by atoms with Gasteiger partial charge in [-0.1, -0.05) is 12.1 Å². The zero-order chi connectivity index (χ0) is 14.4. The molecule has 3 nitrogen and oxygen atoms in total. The van der Waals surface area contributed by atoms with Crippen LogP contribution in [0.5, 0.6) is 0 Å². The van der Waals surface area contributed by atoms with E-state index in [1.54, 1.807) is 0 Å². The lowest BCUT2D eigenvalue weighted by molar-refractivity contribution is -0.137. The van der Waals surface area contributed by atoms with E-state index in [1.807, 2.05) is 0 Å². The molecule has 2 N–H and O–H groups in total. The van der Waals surface area contributed by atoms with Crippen LogP contribution in [0.1, 0.15) is 42.9 Å². The van der Waals surface area contributed by atoms with Gasteiger partial charge in [-0.3, -0.25) is 10.1 Å². The van der Waals surface area contributed by atoms with Crippen molar-refractivity contribution < 1.29 is 18.0 Å². The molecule has 1 unspecified atom stereocenters. The first-order valence-electron chi connectivity index (χ1n) is 6.67. The number of hydrogen-bond donors (Lipinski definition) is 2. The van der Waals surface area contributed by atoms with Gasteiger partial charge in [0.1, 0.15) is 6.04 Å². The van der Waals surface area contributed by atoms with Crippen LogP contribution in [-0.2, 0) is 11.0 Å². The van der Waals surface area contributed by atoms with Gasteiger partial charge in [-0.25, -0.2) is 0 Å². The summed E-state index contributed by atoms with van der Waals surface area (Å²) < 4.78 is 37.6. The minimum atomic E-state index is -4.35. The van der Waals surface area contributed by atoms with Crippen molar-refractivity contribution in [3.05, 3.63) is 35.4 Å². The number of nitrogens with one attached hydrogen (secondary N) is 2. The van der Waals surface area contributed by atoms with Gasteiger partial charge in [0.15, 0.2) is 0 Å². The molecule has 1 saturated carbocycles. The first-order chi connectivity index (χ1) is 9.40. The van der Waals surface area contributed by atoms with Crippen molar-refractivity contribution in [3.63, 3.8) is 0 Å². The van der Waals surface area contributed by atoms with Crippen molar-refractivity contribution in [3.8, 4) is 0 Å². The maximum absolute atomic E-state index is 12.5. The van der Waals surface area contributed by atoms with Crippen molar-refractivity contribution >= 4 is 5.91 Å². The number of alkyl halides is 3. The third kappa shape index (κ3) is 2.28. The molecule has 1 spiro atoms. The number of amides is 1. The van der Waals surface area contributed by atoms with Gasteiger partial charge >= 0.3 is 6.18 Å². The molecule has 1 aromatic carbocycles. The van der Waals surface area contributed by atoms with E-state index in [2.05, 4.69) is 10.6 Å². The Labute approximate surface area is 114 Å². The lowest BCUT2D eigenvalue weighted by atomic mass is 10.0. The van der Waals surface area contributed by atoms with Crippen LogP contribution < -0.4 is 10.6 Å². The molecule has 3 rings (SSSR count). The predicted molar refractivity (Wildman–Crippen MR) is 66.7 cm³/mol. The molecule has 2 fully saturated rings. The number of halogens is 3. The average Bonchev–Trinajstić information content (AvgIpc) is 2.96. The van der Waals surface area contributed by atoms with E-state index in [1.165, 1.54) is 12.1 Å². The number of carbonyl (C=O) groups is 1. The fraction of sp³-hybridized carbons (Fsp3) is 0.500. The number of hydrogen-bond acceptors (Lipinski definition) is 2. The molecule has 0 bridgehead atoms. The zero-order valence-electron chi connectivity index (χ0n) is 10.8. The van der Waals surface area contributed by atoms with Crippen LogP contribution in [0.3, 0.4) is 0 Å². The molecule has 1 aliphatic heterocycles. The van der Waals surface area contributed by atoms with E-state index in [9.17, 15) is 18.0 Å². The highest BCUT2D eigenvalue weighted by molar-refractivity contribution is 5.86. The standard InChI is InChI=1S/C14H15F3N2O/c15-14(16,17)10-5-3-9(4-6-10)11-12(20)19-13(18-11)7-1-2-8-13/h3-6,11,18H,1-2,7-8H2,(H,19,20). The molecular weight excluding hydrogens is 269 g/mol. The van der Waals surface area contributed by atoms with Crippen LogP contribution in [0, 0.1) is 0 Å². The first kappa shape index (κ1) is 13.4. The minimum Gasteiger partial charge on any atom is -0.336 e. The first-order valence-corrected chi connectivity index (χ1v) is 6.67. The van der Waals surface area contributed by atoms with Crippen molar-refractivity contribution in [2.24, 2.45) is 0 Å². The monoisotopic (exact) mass is 284 g/mol. The van der Waals surface area contributed by atoms with Gasteiger partial charge in [0, 0.05) is 0 Å². The maximum Gasteiger partial charge on any atom is 0.416 e. The van der Waals surface area contributed by atoms with Gasteiger partial charge in [0.05, 0.1) is 11.2 Å². The van der Waals surface area contributed by atoms with Crippen LogP contribution in [0.25, 0.3) is 0 Å². The van der Waals surface area contributed by atoms with Gasteiger partial charge in [-0.15, -0.1) is 0 Å². The molecule has 1 aromatic rings. The normalized spacial score (nSPS) is 25.1. The Kier molecular flexibility index (Phi) is 3.01. The number of benzene rings is 1. The van der Waals surface area contributed by atoms with Crippen molar-refractivity contribution in [1.82, 2.24) is 10.6 Å². The topological polar surface area (TPSA) is 41.1 Å². The predicted octanol–water partition coefficient (Wildman–Crippen LogP) is 2.74. The van der Waals surface area contributed by atoms with E-state index < -0.39 is 17.8 Å². The van der Waals surface area contributed by atoms with Crippen LogP contribution in [-0.4, -0.2) is 11.6 Å². The summed E-state index contributed by atoms with van der Waals surface area (Å²) in [5.41, 5.74) is -0.487. The van der Waals surface area contributed by atoms with Crippen LogP contribution in [0.2, 0.25) is 0 Å². The summed E-state index contributed by atoms with van der Waals surface area (Å²) in [6.45, 7) is 0. The van der Waals surface area contributed by atoms with Crippen molar-refractivity contribution in [2.75, 3.05) is 0 Å². The second-order valence-electron chi connectivity index (χ2n) is 5.48. The largest absolute Gasteiger partial charge is 0.416 e. The van der Waals surface area contributed by atoms with Crippen LogP contribution in [0.4, 0.5) is 13.2 Å². The molecule has 108 valence electrons. The second-order valence-corrected chi connectivity index (χ2v) is 5.48. The third-order valence-electron chi connectivity index (χ3n) is 4.07. The van der Waals surface area contributed by atoms with Gasteiger partial charge < -0.3 is 5.32 Å². The van der Waals surface area contributed by atoms with Gasteiger partial charge in [-0.05, 0) is 43.4 Å². The molecule has 1 aliphatic carbocycles. The smallest absolute Gasteiger partial charge is 0.336 e. The van der Waals surface area contributed by atoms with E-state index >= 15 is 0 Å². The highest BCUT2D eigenvalue weighted by Crippen LogP contribution is 2.35. The Bertz CT molecular complexity index is 518. The van der Waals surface area contributed by atoms with E-state index in [-0.39, 0.29) is 11.6 Å². The Morgan fingerprint density at radius 1 is 1.10 bits per heavy atom.